The van der Waals surface area contributed by atoms with Gasteiger partial charge in [-0.2, -0.15) is 0 Å². The number of aryl methyl sites for hydroxylation is 2. The number of hydrogen-bond acceptors (Lipinski definition) is 0. The fraction of sp³-hybridized carbons (Fsp3) is 0.294. The van der Waals surface area contributed by atoms with E-state index in [9.17, 15) is 0 Å². The van der Waals surface area contributed by atoms with E-state index in [1.165, 1.54) is 0 Å². The van der Waals surface area contributed by atoms with Crippen molar-refractivity contribution in [1.29, 1.82) is 0 Å². The number of aromatic nitrogens is 1. The van der Waals surface area contributed by atoms with Gasteiger partial charge in [0.1, 0.15) is 0 Å². The van der Waals surface area contributed by atoms with E-state index in [-0.39, 0.29) is 17.2 Å². The molecule has 0 aliphatic carbocycles. The van der Waals surface area contributed by atoms with Crippen LogP contribution in [0.3, 0.4) is 0 Å². The monoisotopic (exact) mass is 243 g/mol. The molecule has 3 rings (SSSR count). The number of para-hydroxylation sites is 2. The molecular weight excluding hydrogens is 218 g/mol. The first kappa shape index (κ1) is 6.42. The van der Waals surface area contributed by atoms with Gasteiger partial charge in [-0.1, -0.05) is 36.4 Å². The van der Waals surface area contributed by atoms with Crippen LogP contribution in [-0.4, -0.2) is 4.57 Å². The molecule has 3 aromatic rings. The molecule has 0 unspecified atom stereocenters. The molecule has 0 saturated carbocycles. The van der Waals surface area contributed by atoms with Crippen LogP contribution in [0.25, 0.3) is 21.8 Å². The van der Waals surface area contributed by atoms with Crippen LogP contribution in [0.5, 0.6) is 0 Å². The van der Waals surface area contributed by atoms with E-state index in [0.717, 1.165) is 10.8 Å². The molecule has 0 aliphatic rings. The van der Waals surface area contributed by atoms with Gasteiger partial charge in [-0.05, 0) is 38.7 Å². The lowest BCUT2D eigenvalue weighted by Crippen LogP contribution is -2.02. The van der Waals surface area contributed by atoms with E-state index in [1.807, 2.05) is 30.5 Å². The molecule has 0 atom stereocenters. The zero-order valence-electron chi connectivity index (χ0n) is 16.5. The highest BCUT2D eigenvalue weighted by molar-refractivity contribution is 6.10. The largest absolute Gasteiger partial charge is 0.337 e. The third-order valence-electron chi connectivity index (χ3n) is 3.36. The number of nitrogens with zero attached hydrogens (tertiary/aromatic N) is 1. The van der Waals surface area contributed by atoms with Gasteiger partial charge >= 0.3 is 0 Å². The summed E-state index contributed by atoms with van der Waals surface area (Å²) in [7, 11) is 0. The van der Waals surface area contributed by atoms with Crippen LogP contribution in [0.4, 0.5) is 0 Å². The Bertz CT molecular complexity index is 843. The summed E-state index contributed by atoms with van der Waals surface area (Å²) in [5.41, 5.74) is 1.70. The minimum atomic E-state index is -2.26. The summed E-state index contributed by atoms with van der Waals surface area (Å²) in [6, 6.07) is 10.3. The third-order valence-corrected chi connectivity index (χ3v) is 3.36. The normalized spacial score (nSPS) is 18.2. The predicted molar refractivity (Wildman–Crippen MR) is 79.3 cm³/mol. The highest BCUT2D eigenvalue weighted by atomic mass is 15.0. The fourth-order valence-corrected chi connectivity index (χ4v) is 2.67. The van der Waals surface area contributed by atoms with Crippen LogP contribution in [-0.2, 0) is 0 Å². The molecule has 1 nitrogen and oxygen atoms in total. The minimum absolute atomic E-state index is 0.0722. The lowest BCUT2D eigenvalue weighted by atomic mass is 10.1. The van der Waals surface area contributed by atoms with E-state index in [0.29, 0.717) is 11.0 Å². The quantitative estimate of drug-likeness (QED) is 0.567. The first-order chi connectivity index (χ1) is 11.0. The summed E-state index contributed by atoms with van der Waals surface area (Å²) in [5.74, 6) is 0. The Kier molecular flexibility index (Phi) is 1.38. The second-order valence-electron chi connectivity index (χ2n) is 4.87. The lowest BCUT2D eigenvalue weighted by molar-refractivity contribution is 0.640. The average molecular weight is 243 g/mol. The zero-order valence-corrected chi connectivity index (χ0v) is 10.5. The summed E-state index contributed by atoms with van der Waals surface area (Å²) in [5, 5.41) is 1.55. The third kappa shape index (κ3) is 1.40. The Morgan fingerprint density at radius 3 is 1.78 bits per heavy atom. The van der Waals surface area contributed by atoms with Crippen LogP contribution in [0, 0.1) is 13.7 Å². The Morgan fingerprint density at radius 2 is 1.39 bits per heavy atom. The fourth-order valence-electron chi connectivity index (χ4n) is 2.67. The van der Waals surface area contributed by atoms with E-state index < -0.39 is 13.7 Å². The van der Waals surface area contributed by atoms with E-state index >= 15 is 0 Å². The number of fused-ring (bicyclic) bond motifs is 3. The second-order valence-corrected chi connectivity index (χ2v) is 4.87. The van der Waals surface area contributed by atoms with Gasteiger partial charge < -0.3 is 4.57 Å². The van der Waals surface area contributed by atoms with Gasteiger partial charge in [0.05, 0.1) is 11.0 Å². The molecule has 0 saturated heterocycles. The summed E-state index contributed by atoms with van der Waals surface area (Å²) in [6.45, 7) is -0.654. The Hall–Kier alpha value is -1.76. The van der Waals surface area contributed by atoms with Crippen LogP contribution in [0.15, 0.2) is 36.4 Å². The van der Waals surface area contributed by atoms with Crippen molar-refractivity contribution in [2.45, 2.75) is 33.6 Å². The Labute approximate surface area is 116 Å². The van der Waals surface area contributed by atoms with Gasteiger partial charge in [-0.15, -0.1) is 0 Å². The number of rotatable bonds is 1. The van der Waals surface area contributed by atoms with Crippen molar-refractivity contribution in [3.05, 3.63) is 47.5 Å². The van der Waals surface area contributed by atoms with Crippen molar-refractivity contribution in [3.63, 3.8) is 0 Å². The maximum atomic E-state index is 7.85. The lowest BCUT2D eigenvalue weighted by Gasteiger charge is -2.14. The molecule has 1 heterocycles. The van der Waals surface area contributed by atoms with Crippen molar-refractivity contribution in [2.75, 3.05) is 0 Å². The predicted octanol–water partition coefficient (Wildman–Crippen LogP) is 4.99. The molecule has 1 heteroatoms. The summed E-state index contributed by atoms with van der Waals surface area (Å²) < 4.78 is 49.0. The molecule has 2 aromatic carbocycles. The molecule has 0 amide bonds. The van der Waals surface area contributed by atoms with Gasteiger partial charge in [0.15, 0.2) is 0 Å². The first-order valence-electron chi connectivity index (χ1n) is 9.10. The first-order valence-corrected chi connectivity index (χ1v) is 6.10. The Balaban J connectivity index is 2.62. The van der Waals surface area contributed by atoms with Crippen LogP contribution < -0.4 is 0 Å². The molecule has 1 aromatic heterocycles. The molecule has 18 heavy (non-hydrogen) atoms. The van der Waals surface area contributed by atoms with Crippen molar-refractivity contribution < 1.29 is 8.22 Å². The summed E-state index contributed by atoms with van der Waals surface area (Å²) >= 11 is 0. The average Bonchev–Trinajstić information content (AvgIpc) is 2.79. The van der Waals surface area contributed by atoms with Crippen LogP contribution in [0.1, 0.15) is 39.2 Å². The van der Waals surface area contributed by atoms with Gasteiger partial charge in [-0.3, -0.25) is 0 Å². The standard InChI is InChI=1S/C17H19N/c1-11(2)18-16-12(3)7-5-9-14(16)15-10-6-8-13(4)17(15)18/h5-11H,1-4H3/i3D3,4D3. The molecule has 0 N–H and O–H groups in total. The molecule has 0 aliphatic heterocycles. The van der Waals surface area contributed by atoms with Crippen LogP contribution >= 0.6 is 0 Å². The molecular formula is C17H19N. The Morgan fingerprint density at radius 1 is 0.889 bits per heavy atom. The summed E-state index contributed by atoms with van der Waals surface area (Å²) in [4.78, 5) is 0. The smallest absolute Gasteiger partial charge is 0.0523 e. The van der Waals surface area contributed by atoms with Gasteiger partial charge in [0.25, 0.3) is 0 Å². The van der Waals surface area contributed by atoms with E-state index in [4.69, 9.17) is 8.22 Å². The second kappa shape index (κ2) is 3.88. The number of hydrogen-bond donors (Lipinski definition) is 0. The highest BCUT2D eigenvalue weighted by Gasteiger charge is 2.15. The highest BCUT2D eigenvalue weighted by Crippen LogP contribution is 2.34. The van der Waals surface area contributed by atoms with E-state index in [1.54, 1.807) is 24.3 Å². The van der Waals surface area contributed by atoms with Gasteiger partial charge in [0, 0.05) is 25.0 Å². The van der Waals surface area contributed by atoms with Crippen LogP contribution in [0.2, 0.25) is 0 Å². The van der Waals surface area contributed by atoms with Crippen molar-refractivity contribution in [2.24, 2.45) is 0 Å². The van der Waals surface area contributed by atoms with Crippen molar-refractivity contribution in [1.82, 2.24) is 4.57 Å². The van der Waals surface area contributed by atoms with Crippen molar-refractivity contribution in [3.8, 4) is 0 Å². The number of benzene rings is 2. The van der Waals surface area contributed by atoms with Crippen molar-refractivity contribution >= 4 is 21.8 Å². The molecule has 0 bridgehead atoms. The zero-order chi connectivity index (χ0) is 17.9. The SMILES string of the molecule is [2H]C([2H])([2H])c1cccc2c3cccc(C([2H])([2H])[2H])c3n(C(C)C)c12. The molecule has 0 spiro atoms. The topological polar surface area (TPSA) is 4.93 Å². The summed E-state index contributed by atoms with van der Waals surface area (Å²) in [6.07, 6.45) is 0. The maximum absolute atomic E-state index is 7.85. The van der Waals surface area contributed by atoms with Gasteiger partial charge in [0.2, 0.25) is 0 Å². The molecule has 0 fully saturated rings. The maximum Gasteiger partial charge on any atom is 0.0523 e. The van der Waals surface area contributed by atoms with Gasteiger partial charge in [-0.25, -0.2) is 0 Å². The van der Waals surface area contributed by atoms with E-state index in [2.05, 4.69) is 0 Å². The minimum Gasteiger partial charge on any atom is -0.337 e. The molecule has 92 valence electrons. The molecule has 0 radical (unpaired) electrons.